The molecule has 1 atom stereocenters. The molecule has 3 nitrogen and oxygen atoms in total. The first kappa shape index (κ1) is 18.1. The lowest BCUT2D eigenvalue weighted by Gasteiger charge is -2.29. The third-order valence-electron chi connectivity index (χ3n) is 4.60. The Balaban J connectivity index is 1.71. The predicted octanol–water partition coefficient (Wildman–Crippen LogP) is 5.02. The van der Waals surface area contributed by atoms with Crippen LogP contribution in [0.15, 0.2) is 48.5 Å². The number of halogens is 1. The monoisotopic (exact) mass is 344 g/mol. The van der Waals surface area contributed by atoms with Crippen molar-refractivity contribution in [3.8, 4) is 0 Å². The number of benzene rings is 2. The van der Waals surface area contributed by atoms with E-state index in [1.807, 2.05) is 30.3 Å². The second kappa shape index (κ2) is 8.56. The van der Waals surface area contributed by atoms with Crippen LogP contribution in [0.2, 0.25) is 0 Å². The Bertz CT molecular complexity index is 663. The summed E-state index contributed by atoms with van der Waals surface area (Å²) in [5.74, 6) is 0.221. The number of ether oxygens (including phenoxy) is 3. The minimum absolute atomic E-state index is 0.265. The van der Waals surface area contributed by atoms with Crippen molar-refractivity contribution in [2.45, 2.75) is 32.2 Å². The van der Waals surface area contributed by atoms with Crippen molar-refractivity contribution in [2.75, 3.05) is 20.3 Å². The maximum Gasteiger partial charge on any atom is 0.183 e. The molecule has 25 heavy (non-hydrogen) atoms. The molecule has 134 valence electrons. The first-order valence-electron chi connectivity index (χ1n) is 8.83. The molecule has 0 amide bonds. The smallest absolute Gasteiger partial charge is 0.183 e. The van der Waals surface area contributed by atoms with Crippen molar-refractivity contribution < 1.29 is 18.6 Å². The van der Waals surface area contributed by atoms with Crippen LogP contribution in [0.3, 0.4) is 0 Å². The maximum atomic E-state index is 14.1. The van der Waals surface area contributed by atoms with E-state index in [0.717, 1.165) is 37.2 Å². The van der Waals surface area contributed by atoms with E-state index in [2.05, 4.69) is 6.92 Å². The highest BCUT2D eigenvalue weighted by Crippen LogP contribution is 2.31. The Morgan fingerprint density at radius 3 is 2.36 bits per heavy atom. The van der Waals surface area contributed by atoms with Crippen LogP contribution in [0.1, 0.15) is 48.8 Å². The Hall–Kier alpha value is -1.75. The summed E-state index contributed by atoms with van der Waals surface area (Å²) in [7, 11) is 1.59. The normalized spacial score (nSPS) is 21.9. The standard InChI is InChI=1S/C21H25FO3/c1-3-6-15-13-24-21(25-14-15)17-11-9-16(10-12-17)20(23-2)18-7-4-5-8-19(18)22/h4-5,7-12,15,20-21H,3,6,13-14H2,1-2H3. The van der Waals surface area contributed by atoms with Gasteiger partial charge in [-0.05, 0) is 18.1 Å². The SMILES string of the molecule is CCCC1COC(c2ccc(C(OC)c3ccccc3F)cc2)OC1. The van der Waals surface area contributed by atoms with E-state index >= 15 is 0 Å². The van der Waals surface area contributed by atoms with Crippen LogP contribution in [0.25, 0.3) is 0 Å². The molecule has 2 aromatic carbocycles. The predicted molar refractivity (Wildman–Crippen MR) is 94.7 cm³/mol. The fourth-order valence-electron chi connectivity index (χ4n) is 3.27. The maximum absolute atomic E-state index is 14.1. The summed E-state index contributed by atoms with van der Waals surface area (Å²) in [5.41, 5.74) is 2.41. The van der Waals surface area contributed by atoms with Gasteiger partial charge in [-0.2, -0.15) is 0 Å². The zero-order valence-corrected chi connectivity index (χ0v) is 14.8. The van der Waals surface area contributed by atoms with Crippen molar-refractivity contribution in [1.29, 1.82) is 0 Å². The molecule has 0 saturated carbocycles. The topological polar surface area (TPSA) is 27.7 Å². The van der Waals surface area contributed by atoms with Gasteiger partial charge in [0, 0.05) is 24.2 Å². The van der Waals surface area contributed by atoms with Gasteiger partial charge in [-0.25, -0.2) is 4.39 Å². The van der Waals surface area contributed by atoms with Gasteiger partial charge in [0.05, 0.1) is 13.2 Å². The van der Waals surface area contributed by atoms with E-state index in [1.165, 1.54) is 6.07 Å². The van der Waals surface area contributed by atoms with Crippen LogP contribution < -0.4 is 0 Å². The van der Waals surface area contributed by atoms with Crippen molar-refractivity contribution in [3.05, 3.63) is 71.0 Å². The zero-order chi connectivity index (χ0) is 17.6. The lowest BCUT2D eigenvalue weighted by Crippen LogP contribution is -2.27. The molecule has 0 aliphatic carbocycles. The third kappa shape index (κ3) is 4.27. The number of rotatable bonds is 6. The fraction of sp³-hybridized carbons (Fsp3) is 0.429. The Morgan fingerprint density at radius 2 is 1.76 bits per heavy atom. The highest BCUT2D eigenvalue weighted by atomic mass is 19.1. The lowest BCUT2D eigenvalue weighted by molar-refractivity contribution is -0.206. The van der Waals surface area contributed by atoms with E-state index in [1.54, 1.807) is 19.2 Å². The van der Waals surface area contributed by atoms with Gasteiger partial charge >= 0.3 is 0 Å². The molecular weight excluding hydrogens is 319 g/mol. The molecular formula is C21H25FO3. The number of hydrogen-bond acceptors (Lipinski definition) is 3. The molecule has 0 aromatic heterocycles. The van der Waals surface area contributed by atoms with Gasteiger partial charge in [-0.1, -0.05) is 55.8 Å². The lowest BCUT2D eigenvalue weighted by atomic mass is 9.99. The van der Waals surface area contributed by atoms with Crippen molar-refractivity contribution >= 4 is 0 Å². The summed E-state index contributed by atoms with van der Waals surface area (Å²) in [6, 6.07) is 14.5. The van der Waals surface area contributed by atoms with E-state index in [0.29, 0.717) is 11.5 Å². The molecule has 4 heteroatoms. The molecule has 1 aliphatic heterocycles. The largest absolute Gasteiger partial charge is 0.372 e. The fourth-order valence-corrected chi connectivity index (χ4v) is 3.27. The van der Waals surface area contributed by atoms with Crippen LogP contribution >= 0.6 is 0 Å². The summed E-state index contributed by atoms with van der Waals surface area (Å²) in [5, 5.41) is 0. The highest BCUT2D eigenvalue weighted by Gasteiger charge is 2.23. The summed E-state index contributed by atoms with van der Waals surface area (Å²) >= 11 is 0. The van der Waals surface area contributed by atoms with E-state index < -0.39 is 6.10 Å². The quantitative estimate of drug-likeness (QED) is 0.736. The van der Waals surface area contributed by atoms with Gasteiger partial charge in [0.2, 0.25) is 0 Å². The molecule has 1 aliphatic rings. The zero-order valence-electron chi connectivity index (χ0n) is 14.8. The molecule has 0 radical (unpaired) electrons. The summed E-state index contributed by atoms with van der Waals surface area (Å²) in [6.45, 7) is 3.64. The van der Waals surface area contributed by atoms with Crippen LogP contribution in [0.4, 0.5) is 4.39 Å². The van der Waals surface area contributed by atoms with Gasteiger partial charge in [0.25, 0.3) is 0 Å². The van der Waals surface area contributed by atoms with Gasteiger partial charge in [-0.3, -0.25) is 0 Å². The van der Waals surface area contributed by atoms with Crippen LogP contribution in [-0.2, 0) is 14.2 Å². The van der Waals surface area contributed by atoms with Gasteiger partial charge in [0.1, 0.15) is 11.9 Å². The minimum Gasteiger partial charge on any atom is -0.372 e. The number of methoxy groups -OCH3 is 1. The van der Waals surface area contributed by atoms with Crippen LogP contribution in [0.5, 0.6) is 0 Å². The highest BCUT2D eigenvalue weighted by molar-refractivity contribution is 5.33. The minimum atomic E-state index is -0.433. The summed E-state index contributed by atoms with van der Waals surface area (Å²) in [4.78, 5) is 0. The molecule has 0 spiro atoms. The Labute approximate surface area is 148 Å². The van der Waals surface area contributed by atoms with E-state index in [-0.39, 0.29) is 12.1 Å². The van der Waals surface area contributed by atoms with E-state index in [4.69, 9.17) is 14.2 Å². The second-order valence-corrected chi connectivity index (χ2v) is 6.46. The van der Waals surface area contributed by atoms with Crippen molar-refractivity contribution in [3.63, 3.8) is 0 Å². The average Bonchev–Trinajstić information content (AvgIpc) is 2.65. The first-order chi connectivity index (χ1) is 12.2. The first-order valence-corrected chi connectivity index (χ1v) is 8.83. The van der Waals surface area contributed by atoms with Crippen molar-refractivity contribution in [2.24, 2.45) is 5.92 Å². The van der Waals surface area contributed by atoms with Gasteiger partial charge in [0.15, 0.2) is 6.29 Å². The Kier molecular flexibility index (Phi) is 6.19. The molecule has 0 bridgehead atoms. The van der Waals surface area contributed by atoms with Crippen LogP contribution in [-0.4, -0.2) is 20.3 Å². The van der Waals surface area contributed by atoms with Gasteiger partial charge < -0.3 is 14.2 Å². The molecule has 1 saturated heterocycles. The third-order valence-corrected chi connectivity index (χ3v) is 4.60. The summed E-state index contributed by atoms with van der Waals surface area (Å²) in [6.07, 6.45) is 1.52. The van der Waals surface area contributed by atoms with E-state index in [9.17, 15) is 4.39 Å². The van der Waals surface area contributed by atoms with Crippen molar-refractivity contribution in [1.82, 2.24) is 0 Å². The number of hydrogen-bond donors (Lipinski definition) is 0. The molecule has 1 heterocycles. The molecule has 1 unspecified atom stereocenters. The summed E-state index contributed by atoms with van der Waals surface area (Å²) < 4.78 is 31.3. The average molecular weight is 344 g/mol. The molecule has 2 aromatic rings. The molecule has 1 fully saturated rings. The molecule has 0 N–H and O–H groups in total. The second-order valence-electron chi connectivity index (χ2n) is 6.46. The molecule has 3 rings (SSSR count). The van der Waals surface area contributed by atoms with Crippen LogP contribution in [0, 0.1) is 11.7 Å². The van der Waals surface area contributed by atoms with Gasteiger partial charge in [-0.15, -0.1) is 0 Å². The Morgan fingerprint density at radius 1 is 1.08 bits per heavy atom.